The molecule has 402 valence electrons. The average Bonchev–Trinajstić information content (AvgIpc) is 1.50. The molecule has 0 atom stereocenters. The van der Waals surface area contributed by atoms with Crippen LogP contribution in [0.5, 0.6) is 34.5 Å². The number of fused-ring (bicyclic) bond motifs is 15. The molecular weight excluding hydrogens is 1030 g/mol. The van der Waals surface area contributed by atoms with Crippen LogP contribution in [0.25, 0.3) is 54.7 Å². The van der Waals surface area contributed by atoms with Gasteiger partial charge in [0.2, 0.25) is 0 Å². The van der Waals surface area contributed by atoms with Gasteiger partial charge in [-0.25, -0.2) is 0 Å². The molecule has 0 amide bonds. The number of aryl methyl sites for hydroxylation is 2. The molecule has 1 aliphatic carbocycles. The summed E-state index contributed by atoms with van der Waals surface area (Å²) < 4.78 is 24.5. The first-order chi connectivity index (χ1) is 41.5. The molecule has 0 N–H and O–H groups in total. The monoisotopic (exact) mass is 1080 g/mol. The Balaban J connectivity index is 0.873. The van der Waals surface area contributed by atoms with Crippen molar-refractivity contribution in [3.8, 4) is 45.6 Å². The molecule has 0 bridgehead atoms. The number of aromatic nitrogens is 2. The lowest BCUT2D eigenvalue weighted by Gasteiger charge is -2.40. The Morgan fingerprint density at radius 3 is 1.07 bits per heavy atom. The maximum Gasteiger partial charge on any atom is 0.132 e. The topological polar surface area (TPSA) is 44.0 Å². The van der Waals surface area contributed by atoms with E-state index in [-0.39, 0.29) is 0 Å². The summed E-state index contributed by atoms with van der Waals surface area (Å²) in [6.07, 6.45) is 0. The average molecular weight is 1090 g/mol. The van der Waals surface area contributed by atoms with Gasteiger partial charge in [-0.05, 0) is 170 Å². The number of ether oxygens (including phenoxy) is 3. The van der Waals surface area contributed by atoms with E-state index in [0.29, 0.717) is 0 Å². The fraction of sp³-hybridized carbons (Fsp3) is 0.0649. The smallest absolute Gasteiger partial charge is 0.132 e. The van der Waals surface area contributed by atoms with Crippen LogP contribution >= 0.6 is 0 Å². The third-order valence-electron chi connectivity index (χ3n) is 17.2. The van der Waals surface area contributed by atoms with Crippen LogP contribution in [0.2, 0.25) is 0 Å². The zero-order valence-corrected chi connectivity index (χ0v) is 46.5. The molecule has 2 aliphatic rings. The molecule has 1 aliphatic heterocycles. The summed E-state index contributed by atoms with van der Waals surface area (Å²) >= 11 is 0. The number of rotatable bonds is 12. The molecule has 12 aromatic carbocycles. The summed E-state index contributed by atoms with van der Waals surface area (Å²) in [5, 5.41) is 4.78. The van der Waals surface area contributed by atoms with Gasteiger partial charge < -0.3 is 33.1 Å². The molecule has 0 saturated heterocycles. The standard InChI is InChI=1S/C77H56N4O3/c1-3-78-71-47-55(35-41-63(71)65-43-37-59(49-73(65)78)82-57-25-13-7-14-26-57)80(51-21-9-5-10-22-51)53-33-39-61-62-40-34-54(46-70(62)77(69(61)45-53)67-29-17-19-31-75(67)84-76-32-20-18-30-68(76)77)81(52-23-11-6-12-24-52)56-36-42-64-66-44-38-60(83-58-27-15-8-16-28-58)50-74(66)79(4-2)72(64)48-56/h5-50H,3-4H2,1-2H3. The summed E-state index contributed by atoms with van der Waals surface area (Å²) in [6, 6.07) is 99.9. The Bertz CT molecular complexity index is 4550. The Kier molecular flexibility index (Phi) is 11.5. The van der Waals surface area contributed by atoms with Crippen LogP contribution in [0.15, 0.2) is 279 Å². The fourth-order valence-electron chi connectivity index (χ4n) is 13.7. The number of hydrogen-bond donors (Lipinski definition) is 0. The SMILES string of the molecule is CCn1c2cc(Oc3ccccc3)ccc2c2ccc(N(c3ccccc3)c3ccc4c(c3)C3(c5ccccc5Oc5ccccc53)c3cc(N(c5ccccc5)c5ccc6c7ccc(Oc8ccccc8)cc7n(CC)c6c5)ccc3-4)cc21. The van der Waals surface area contributed by atoms with Gasteiger partial charge in [0.15, 0.2) is 0 Å². The minimum absolute atomic E-state index is 0.775. The van der Waals surface area contributed by atoms with Gasteiger partial charge in [-0.3, -0.25) is 0 Å². The van der Waals surface area contributed by atoms with Gasteiger partial charge in [0.1, 0.15) is 34.5 Å². The molecule has 0 unspecified atom stereocenters. The van der Waals surface area contributed by atoms with Gasteiger partial charge in [0.05, 0.1) is 27.5 Å². The normalized spacial score (nSPS) is 12.7. The Hall–Kier alpha value is -10.8. The lowest BCUT2D eigenvalue weighted by molar-refractivity contribution is 0.436. The zero-order chi connectivity index (χ0) is 55.9. The minimum Gasteiger partial charge on any atom is -0.457 e. The summed E-state index contributed by atoms with van der Waals surface area (Å²) in [7, 11) is 0. The van der Waals surface area contributed by atoms with Gasteiger partial charge in [0, 0.05) is 92.0 Å². The summed E-state index contributed by atoms with van der Waals surface area (Å²) in [5.41, 5.74) is 17.1. The number of nitrogens with zero attached hydrogens (tertiary/aromatic N) is 4. The van der Waals surface area contributed by atoms with E-state index in [1.54, 1.807) is 0 Å². The predicted molar refractivity (Wildman–Crippen MR) is 344 cm³/mol. The summed E-state index contributed by atoms with van der Waals surface area (Å²) in [6.45, 7) is 6.02. The summed E-state index contributed by atoms with van der Waals surface area (Å²) in [4.78, 5) is 4.83. The molecule has 16 rings (SSSR count). The number of hydrogen-bond acceptors (Lipinski definition) is 5. The van der Waals surface area contributed by atoms with Gasteiger partial charge in [-0.2, -0.15) is 0 Å². The quantitative estimate of drug-likeness (QED) is 0.122. The largest absolute Gasteiger partial charge is 0.457 e. The van der Waals surface area contributed by atoms with Crippen LogP contribution in [0.3, 0.4) is 0 Å². The second kappa shape index (κ2) is 19.8. The highest BCUT2D eigenvalue weighted by atomic mass is 16.5. The van der Waals surface area contributed by atoms with E-state index in [1.165, 1.54) is 43.8 Å². The van der Waals surface area contributed by atoms with E-state index in [0.717, 1.165) is 115 Å². The Morgan fingerprint density at radius 1 is 0.310 bits per heavy atom. The van der Waals surface area contributed by atoms with Crippen LogP contribution in [-0.4, -0.2) is 9.13 Å². The van der Waals surface area contributed by atoms with Crippen LogP contribution in [-0.2, 0) is 18.5 Å². The van der Waals surface area contributed by atoms with Crippen molar-refractivity contribution in [2.24, 2.45) is 0 Å². The number of benzene rings is 12. The van der Waals surface area contributed by atoms with Gasteiger partial charge in [0.25, 0.3) is 0 Å². The second-order valence-corrected chi connectivity index (χ2v) is 21.7. The van der Waals surface area contributed by atoms with E-state index in [1.807, 2.05) is 60.7 Å². The van der Waals surface area contributed by atoms with Crippen LogP contribution in [0.4, 0.5) is 34.1 Å². The van der Waals surface area contributed by atoms with E-state index >= 15 is 0 Å². The highest BCUT2D eigenvalue weighted by Gasteiger charge is 2.51. The van der Waals surface area contributed by atoms with Crippen LogP contribution in [0, 0.1) is 0 Å². The first-order valence-electron chi connectivity index (χ1n) is 29.0. The highest BCUT2D eigenvalue weighted by Crippen LogP contribution is 2.63. The van der Waals surface area contributed by atoms with Crippen molar-refractivity contribution >= 4 is 77.7 Å². The molecule has 0 radical (unpaired) electrons. The van der Waals surface area contributed by atoms with Crippen molar-refractivity contribution in [2.75, 3.05) is 9.80 Å². The lowest BCUT2D eigenvalue weighted by Crippen LogP contribution is -2.32. The predicted octanol–water partition coefficient (Wildman–Crippen LogP) is 20.9. The fourth-order valence-corrected chi connectivity index (χ4v) is 13.7. The number of para-hydroxylation sites is 6. The molecular formula is C77H56N4O3. The van der Waals surface area contributed by atoms with E-state index < -0.39 is 5.41 Å². The molecule has 0 fully saturated rings. The maximum atomic E-state index is 6.93. The second-order valence-electron chi connectivity index (χ2n) is 21.7. The van der Waals surface area contributed by atoms with E-state index in [2.05, 4.69) is 251 Å². The first kappa shape index (κ1) is 49.1. The molecule has 7 nitrogen and oxygen atoms in total. The first-order valence-corrected chi connectivity index (χ1v) is 29.0. The molecule has 14 aromatic rings. The van der Waals surface area contributed by atoms with Gasteiger partial charge in [-0.1, -0.05) is 133 Å². The van der Waals surface area contributed by atoms with Gasteiger partial charge >= 0.3 is 0 Å². The van der Waals surface area contributed by atoms with Crippen LogP contribution in [0.1, 0.15) is 36.1 Å². The van der Waals surface area contributed by atoms with Crippen molar-refractivity contribution in [3.05, 3.63) is 301 Å². The highest BCUT2D eigenvalue weighted by molar-refractivity contribution is 6.11. The lowest BCUT2D eigenvalue weighted by atomic mass is 9.66. The molecule has 84 heavy (non-hydrogen) atoms. The molecule has 7 heteroatoms. The Morgan fingerprint density at radius 2 is 0.655 bits per heavy atom. The van der Waals surface area contributed by atoms with Crippen molar-refractivity contribution in [3.63, 3.8) is 0 Å². The molecule has 0 saturated carbocycles. The van der Waals surface area contributed by atoms with Crippen molar-refractivity contribution < 1.29 is 14.2 Å². The number of anilines is 6. The third kappa shape index (κ3) is 7.73. The molecule has 2 aromatic heterocycles. The maximum absolute atomic E-state index is 6.93. The van der Waals surface area contributed by atoms with Crippen molar-refractivity contribution in [2.45, 2.75) is 32.4 Å². The van der Waals surface area contributed by atoms with Crippen molar-refractivity contribution in [1.29, 1.82) is 0 Å². The van der Waals surface area contributed by atoms with Gasteiger partial charge in [-0.15, -0.1) is 0 Å². The summed E-state index contributed by atoms with van der Waals surface area (Å²) in [5.74, 6) is 4.93. The van der Waals surface area contributed by atoms with Crippen LogP contribution < -0.4 is 24.0 Å². The van der Waals surface area contributed by atoms with E-state index in [9.17, 15) is 0 Å². The Labute approximate surface area is 487 Å². The zero-order valence-electron chi connectivity index (χ0n) is 46.5. The third-order valence-corrected chi connectivity index (χ3v) is 17.2. The minimum atomic E-state index is -0.775. The molecule has 1 spiro atoms. The van der Waals surface area contributed by atoms with E-state index in [4.69, 9.17) is 14.2 Å². The van der Waals surface area contributed by atoms with Crippen molar-refractivity contribution in [1.82, 2.24) is 9.13 Å². The molecule has 3 heterocycles.